The van der Waals surface area contributed by atoms with Crippen LogP contribution in [0.25, 0.3) is 0 Å². The van der Waals surface area contributed by atoms with Crippen LogP contribution >= 0.6 is 0 Å². The number of unbranched alkanes of at least 4 members (excludes halogenated alkanes) is 1. The van der Waals surface area contributed by atoms with Gasteiger partial charge in [-0.15, -0.1) is 0 Å². The largest absolute Gasteiger partial charge is 0.444 e. The molecule has 0 bridgehead atoms. The number of rotatable bonds is 10. The number of nitrogens with one attached hydrogen (secondary N) is 3. The summed E-state index contributed by atoms with van der Waals surface area (Å²) in [6, 6.07) is 12.4. The molecule has 1 atom stereocenters. The molecule has 46 heavy (non-hydrogen) atoms. The lowest BCUT2D eigenvalue weighted by Gasteiger charge is -2.28. The molecule has 0 radical (unpaired) electrons. The van der Waals surface area contributed by atoms with Gasteiger partial charge in [-0.2, -0.15) is 0 Å². The first-order valence-corrected chi connectivity index (χ1v) is 15.6. The lowest BCUT2D eigenvalue weighted by atomic mass is 10.1. The normalized spacial score (nSPS) is 14.7. The third-order valence-electron chi connectivity index (χ3n) is 6.79. The van der Waals surface area contributed by atoms with Crippen LogP contribution in [0.5, 0.6) is 0 Å². The first kappa shape index (κ1) is 35.9. The van der Waals surface area contributed by atoms with Gasteiger partial charge < -0.3 is 25.4 Å². The molecule has 12 heteroatoms. The fourth-order valence-electron chi connectivity index (χ4n) is 4.63. The van der Waals surface area contributed by atoms with Crippen molar-refractivity contribution in [3.63, 3.8) is 0 Å². The molecule has 0 unspecified atom stereocenters. The van der Waals surface area contributed by atoms with Crippen molar-refractivity contribution in [1.29, 1.82) is 0 Å². The molecule has 1 saturated heterocycles. The van der Waals surface area contributed by atoms with Crippen molar-refractivity contribution in [2.45, 2.75) is 91.4 Å². The minimum atomic E-state index is -0.672. The zero-order valence-corrected chi connectivity index (χ0v) is 27.9. The van der Waals surface area contributed by atoms with Crippen molar-refractivity contribution in [1.82, 2.24) is 9.80 Å². The molecular formula is C34H47N5O7. The van der Waals surface area contributed by atoms with Gasteiger partial charge in [0.1, 0.15) is 23.8 Å². The summed E-state index contributed by atoms with van der Waals surface area (Å²) in [6.45, 7) is 13.4. The highest BCUT2D eigenvalue weighted by Crippen LogP contribution is 2.23. The first-order chi connectivity index (χ1) is 21.5. The Labute approximate surface area is 271 Å². The van der Waals surface area contributed by atoms with Crippen molar-refractivity contribution in [2.24, 2.45) is 0 Å². The molecule has 0 saturated carbocycles. The summed E-state index contributed by atoms with van der Waals surface area (Å²) < 4.78 is 10.9. The summed E-state index contributed by atoms with van der Waals surface area (Å²) in [5, 5.41) is 8.41. The van der Waals surface area contributed by atoms with Crippen LogP contribution in [0.15, 0.2) is 48.5 Å². The van der Waals surface area contributed by atoms with E-state index < -0.39 is 29.4 Å². The lowest BCUT2D eigenvalue weighted by molar-refractivity contribution is -0.120. The van der Waals surface area contributed by atoms with Crippen molar-refractivity contribution in [3.8, 4) is 0 Å². The number of ether oxygens (including phenoxy) is 2. The van der Waals surface area contributed by atoms with Crippen LogP contribution in [0.2, 0.25) is 0 Å². The molecular weight excluding hydrogens is 590 g/mol. The van der Waals surface area contributed by atoms with Crippen LogP contribution < -0.4 is 16.0 Å². The molecule has 3 rings (SSSR count). The van der Waals surface area contributed by atoms with E-state index in [0.29, 0.717) is 48.6 Å². The molecule has 1 heterocycles. The van der Waals surface area contributed by atoms with Crippen LogP contribution in [0.3, 0.4) is 0 Å². The van der Waals surface area contributed by atoms with E-state index in [0.717, 1.165) is 12.8 Å². The Balaban J connectivity index is 1.52. The topological polar surface area (TPSA) is 146 Å². The second-order valence-corrected chi connectivity index (χ2v) is 13.2. The maximum Gasteiger partial charge on any atom is 0.410 e. The van der Waals surface area contributed by atoms with Crippen molar-refractivity contribution < 1.29 is 33.4 Å². The minimum absolute atomic E-state index is 0.156. The van der Waals surface area contributed by atoms with Gasteiger partial charge in [-0.1, -0.05) is 13.3 Å². The van der Waals surface area contributed by atoms with E-state index in [4.69, 9.17) is 9.47 Å². The summed E-state index contributed by atoms with van der Waals surface area (Å²) in [7, 11) is 0. The molecule has 0 spiro atoms. The second kappa shape index (κ2) is 15.6. The predicted molar refractivity (Wildman–Crippen MR) is 177 cm³/mol. The number of hydrogen-bond acceptors (Lipinski definition) is 7. The first-order valence-electron chi connectivity index (χ1n) is 15.6. The molecule has 3 N–H and O–H groups in total. The zero-order chi connectivity index (χ0) is 34.1. The zero-order valence-electron chi connectivity index (χ0n) is 27.9. The highest BCUT2D eigenvalue weighted by molar-refractivity contribution is 6.05. The molecule has 0 aromatic heterocycles. The molecule has 12 nitrogen and oxygen atoms in total. The van der Waals surface area contributed by atoms with Gasteiger partial charge in [-0.25, -0.2) is 9.59 Å². The van der Waals surface area contributed by atoms with E-state index in [1.165, 1.54) is 9.80 Å². The second-order valence-electron chi connectivity index (χ2n) is 13.2. The molecule has 5 amide bonds. The standard InChI is InChI=1S/C34H47N5O7/c1-8-9-20-38(31(43)45-33(2,3)4)22-28(40)35-24-14-12-23(13-15-24)29(41)36-25-16-18-26(19-17-25)37-30(42)27-11-10-21-39(27)32(44)46-34(5,6)7/h12-19,27H,8-11,20-22H2,1-7H3,(H,35,40)(H,36,41)(H,37,42)/t27-/m0/s1. The Morgan fingerprint density at radius 2 is 1.35 bits per heavy atom. The summed E-state index contributed by atoms with van der Waals surface area (Å²) in [5.74, 6) is -1.04. The number of likely N-dealkylation sites (tertiary alicyclic amines) is 1. The predicted octanol–water partition coefficient (Wildman–Crippen LogP) is 6.25. The average molecular weight is 638 g/mol. The Morgan fingerprint density at radius 1 is 0.804 bits per heavy atom. The molecule has 2 aromatic rings. The quantitative estimate of drug-likeness (QED) is 0.279. The number of hydrogen-bond donors (Lipinski definition) is 3. The van der Waals surface area contributed by atoms with Gasteiger partial charge in [0.25, 0.3) is 5.91 Å². The number of carbonyl (C=O) groups excluding carboxylic acids is 5. The Bertz CT molecular complexity index is 1380. The molecule has 250 valence electrons. The van der Waals surface area contributed by atoms with Crippen LogP contribution in [0, 0.1) is 0 Å². The number of benzene rings is 2. The molecule has 2 aromatic carbocycles. The highest BCUT2D eigenvalue weighted by Gasteiger charge is 2.36. The van der Waals surface area contributed by atoms with Crippen molar-refractivity contribution in [2.75, 3.05) is 35.6 Å². The van der Waals surface area contributed by atoms with Crippen LogP contribution in [-0.2, 0) is 19.1 Å². The number of anilines is 3. The van der Waals surface area contributed by atoms with E-state index in [9.17, 15) is 24.0 Å². The van der Waals surface area contributed by atoms with Gasteiger partial charge in [0, 0.05) is 35.7 Å². The van der Waals surface area contributed by atoms with E-state index in [1.54, 1.807) is 90.1 Å². The summed E-state index contributed by atoms with van der Waals surface area (Å²) in [4.78, 5) is 66.4. The molecule has 0 aliphatic carbocycles. The van der Waals surface area contributed by atoms with Gasteiger partial charge in [0.15, 0.2) is 0 Å². The smallest absolute Gasteiger partial charge is 0.410 e. The fraction of sp³-hybridized carbons (Fsp3) is 0.500. The van der Waals surface area contributed by atoms with Gasteiger partial charge in [-0.3, -0.25) is 24.2 Å². The number of carbonyl (C=O) groups is 5. The SMILES string of the molecule is CCCCN(CC(=O)Nc1ccc(C(=O)Nc2ccc(NC(=O)[C@@H]3CCCN3C(=O)OC(C)(C)C)cc2)cc1)C(=O)OC(C)(C)C. The van der Waals surface area contributed by atoms with Crippen LogP contribution in [-0.4, -0.2) is 76.6 Å². The van der Waals surface area contributed by atoms with E-state index in [2.05, 4.69) is 16.0 Å². The third kappa shape index (κ3) is 11.4. The van der Waals surface area contributed by atoms with Crippen LogP contribution in [0.1, 0.15) is 84.5 Å². The molecule has 1 aliphatic rings. The maximum atomic E-state index is 12.9. The summed E-state index contributed by atoms with van der Waals surface area (Å²) in [6.07, 6.45) is 1.81. The monoisotopic (exact) mass is 637 g/mol. The van der Waals surface area contributed by atoms with E-state index in [-0.39, 0.29) is 24.3 Å². The average Bonchev–Trinajstić information content (AvgIpc) is 3.45. The highest BCUT2D eigenvalue weighted by atomic mass is 16.6. The van der Waals surface area contributed by atoms with Gasteiger partial charge >= 0.3 is 12.2 Å². The maximum absolute atomic E-state index is 12.9. The fourth-order valence-corrected chi connectivity index (χ4v) is 4.63. The molecule has 1 aliphatic heterocycles. The van der Waals surface area contributed by atoms with Gasteiger partial charge in [-0.05, 0) is 109 Å². The number of nitrogens with zero attached hydrogens (tertiary/aromatic N) is 2. The Morgan fingerprint density at radius 3 is 1.91 bits per heavy atom. The summed E-state index contributed by atoms with van der Waals surface area (Å²) in [5.41, 5.74) is 0.574. The third-order valence-corrected chi connectivity index (χ3v) is 6.79. The van der Waals surface area contributed by atoms with E-state index >= 15 is 0 Å². The molecule has 1 fully saturated rings. The number of amides is 5. The van der Waals surface area contributed by atoms with Gasteiger partial charge in [0.05, 0.1) is 0 Å². The van der Waals surface area contributed by atoms with Crippen molar-refractivity contribution in [3.05, 3.63) is 54.1 Å². The lowest BCUT2D eigenvalue weighted by Crippen LogP contribution is -2.45. The van der Waals surface area contributed by atoms with Crippen LogP contribution in [0.4, 0.5) is 26.7 Å². The van der Waals surface area contributed by atoms with E-state index in [1.807, 2.05) is 6.92 Å². The Hall–Kier alpha value is -4.61. The van der Waals surface area contributed by atoms with Gasteiger partial charge in [0.2, 0.25) is 11.8 Å². The Kier molecular flexibility index (Phi) is 12.2. The van der Waals surface area contributed by atoms with Crippen molar-refractivity contribution >= 4 is 47.0 Å². The minimum Gasteiger partial charge on any atom is -0.444 e. The summed E-state index contributed by atoms with van der Waals surface area (Å²) >= 11 is 0.